The first-order valence-electron chi connectivity index (χ1n) is 13.6. The van der Waals surface area contributed by atoms with E-state index in [0.717, 1.165) is 42.1 Å². The van der Waals surface area contributed by atoms with E-state index in [2.05, 4.69) is 47.6 Å². The van der Waals surface area contributed by atoms with E-state index in [-0.39, 0.29) is 0 Å². The van der Waals surface area contributed by atoms with Crippen molar-refractivity contribution in [3.63, 3.8) is 0 Å². The number of ether oxygens (including phenoxy) is 1. The molecule has 0 heterocycles. The van der Waals surface area contributed by atoms with E-state index in [4.69, 9.17) is 4.74 Å². The lowest BCUT2D eigenvalue weighted by atomic mass is 9.47. The highest BCUT2D eigenvalue weighted by Crippen LogP contribution is 2.67. The molecule has 4 unspecified atom stereocenters. The fraction of sp³-hybridized carbons (Fsp3) is 0.931. The monoisotopic (exact) mass is 414 g/mol. The molecule has 0 amide bonds. The van der Waals surface area contributed by atoms with Crippen molar-refractivity contribution in [2.24, 2.45) is 46.3 Å². The van der Waals surface area contributed by atoms with E-state index in [0.29, 0.717) is 16.9 Å². The van der Waals surface area contributed by atoms with Gasteiger partial charge in [-0.05, 0) is 105 Å². The molecular formula is C29H50O. The molecule has 0 aromatic rings. The van der Waals surface area contributed by atoms with Crippen molar-refractivity contribution in [3.05, 3.63) is 11.6 Å². The van der Waals surface area contributed by atoms with Crippen molar-refractivity contribution in [3.8, 4) is 0 Å². The lowest BCUT2D eigenvalue weighted by Crippen LogP contribution is -2.51. The Morgan fingerprint density at radius 3 is 2.53 bits per heavy atom. The Hall–Kier alpha value is -0.300. The summed E-state index contributed by atoms with van der Waals surface area (Å²) in [5.41, 5.74) is 2.86. The summed E-state index contributed by atoms with van der Waals surface area (Å²) in [6.45, 7) is 15.7. The minimum Gasteiger partial charge on any atom is -0.378 e. The molecule has 0 radical (unpaired) electrons. The van der Waals surface area contributed by atoms with Crippen LogP contribution in [-0.2, 0) is 4.74 Å². The van der Waals surface area contributed by atoms with Crippen LogP contribution in [0.5, 0.6) is 0 Å². The third-order valence-corrected chi connectivity index (χ3v) is 10.7. The average molecular weight is 415 g/mol. The van der Waals surface area contributed by atoms with Crippen LogP contribution in [0.4, 0.5) is 0 Å². The van der Waals surface area contributed by atoms with Crippen LogP contribution in [0.15, 0.2) is 11.6 Å². The van der Waals surface area contributed by atoms with Gasteiger partial charge in [0, 0.05) is 6.61 Å². The van der Waals surface area contributed by atoms with Crippen LogP contribution < -0.4 is 0 Å². The molecule has 30 heavy (non-hydrogen) atoms. The van der Waals surface area contributed by atoms with Crippen LogP contribution >= 0.6 is 0 Å². The molecule has 4 aliphatic carbocycles. The van der Waals surface area contributed by atoms with Crippen LogP contribution in [-0.4, -0.2) is 12.7 Å². The van der Waals surface area contributed by atoms with Gasteiger partial charge in [-0.25, -0.2) is 0 Å². The van der Waals surface area contributed by atoms with Gasteiger partial charge in [-0.3, -0.25) is 0 Å². The molecule has 0 aliphatic heterocycles. The molecule has 0 N–H and O–H groups in total. The summed E-state index contributed by atoms with van der Waals surface area (Å²) >= 11 is 0. The SMILES string of the molecule is CCO[C@H]1CC[C@@]2(C)C(=CCC3C4CCC([C@H](C)CCCC(C)C)[C@@]4(C)CCC32)C1. The van der Waals surface area contributed by atoms with Gasteiger partial charge < -0.3 is 4.74 Å². The zero-order valence-electron chi connectivity index (χ0n) is 21.0. The van der Waals surface area contributed by atoms with Gasteiger partial charge in [0.1, 0.15) is 0 Å². The molecule has 0 aromatic heterocycles. The first kappa shape index (κ1) is 22.9. The summed E-state index contributed by atoms with van der Waals surface area (Å²) < 4.78 is 6.04. The highest BCUT2D eigenvalue weighted by Gasteiger charge is 2.59. The third kappa shape index (κ3) is 3.95. The van der Waals surface area contributed by atoms with Crippen molar-refractivity contribution in [2.75, 3.05) is 6.61 Å². The summed E-state index contributed by atoms with van der Waals surface area (Å²) in [7, 11) is 0. The average Bonchev–Trinajstić information content (AvgIpc) is 3.05. The molecule has 1 heteroatoms. The van der Waals surface area contributed by atoms with Gasteiger partial charge in [0.2, 0.25) is 0 Å². The summed E-state index contributed by atoms with van der Waals surface area (Å²) in [5.74, 6) is 5.63. The predicted octanol–water partition coefficient (Wildman–Crippen LogP) is 8.43. The van der Waals surface area contributed by atoms with Gasteiger partial charge in [0.25, 0.3) is 0 Å². The molecule has 172 valence electrons. The lowest BCUT2D eigenvalue weighted by molar-refractivity contribution is -0.0630. The number of rotatable bonds is 7. The van der Waals surface area contributed by atoms with Gasteiger partial charge in [-0.1, -0.05) is 65.5 Å². The first-order valence-corrected chi connectivity index (χ1v) is 13.6. The topological polar surface area (TPSA) is 9.23 Å². The van der Waals surface area contributed by atoms with Gasteiger partial charge in [-0.2, -0.15) is 0 Å². The van der Waals surface area contributed by atoms with Gasteiger partial charge in [0.15, 0.2) is 0 Å². The Labute approximate surface area is 187 Å². The van der Waals surface area contributed by atoms with Crippen LogP contribution in [0.3, 0.4) is 0 Å². The standard InChI is InChI=1S/C29H50O/c1-7-30-23-15-17-28(5)22(19-23)11-12-24-26-14-13-25(21(4)10-8-9-20(2)3)29(26,6)18-16-27(24)28/h11,20-21,23-27H,7-10,12-19H2,1-6H3/t21-,23+,24?,25?,26?,27?,28+,29-/m1/s1. The maximum Gasteiger partial charge on any atom is 0.0612 e. The maximum atomic E-state index is 6.04. The third-order valence-electron chi connectivity index (χ3n) is 10.7. The number of hydrogen-bond acceptors (Lipinski definition) is 1. The van der Waals surface area contributed by atoms with Crippen LogP contribution in [0.2, 0.25) is 0 Å². The zero-order chi connectivity index (χ0) is 21.5. The molecule has 1 nitrogen and oxygen atoms in total. The smallest absolute Gasteiger partial charge is 0.0612 e. The fourth-order valence-corrected chi connectivity index (χ4v) is 9.03. The quantitative estimate of drug-likeness (QED) is 0.380. The number of fused-ring (bicyclic) bond motifs is 5. The van der Waals surface area contributed by atoms with Crippen molar-refractivity contribution in [2.45, 2.75) is 118 Å². The molecule has 0 spiro atoms. The lowest BCUT2D eigenvalue weighted by Gasteiger charge is -2.58. The molecule has 8 atom stereocenters. The van der Waals surface area contributed by atoms with E-state index in [1.54, 1.807) is 5.57 Å². The van der Waals surface area contributed by atoms with E-state index in [1.807, 2.05) is 0 Å². The molecule has 4 rings (SSSR count). The Kier molecular flexibility index (Phi) is 6.80. The van der Waals surface area contributed by atoms with E-state index in [1.165, 1.54) is 70.6 Å². The zero-order valence-corrected chi connectivity index (χ0v) is 21.0. The second-order valence-corrected chi connectivity index (χ2v) is 12.6. The Morgan fingerprint density at radius 1 is 1.00 bits per heavy atom. The van der Waals surface area contributed by atoms with Crippen molar-refractivity contribution < 1.29 is 4.74 Å². The Bertz CT molecular complexity index is 620. The number of hydrogen-bond donors (Lipinski definition) is 0. The minimum absolute atomic E-state index is 0.471. The largest absolute Gasteiger partial charge is 0.378 e. The number of allylic oxidation sites excluding steroid dienone is 1. The Morgan fingerprint density at radius 2 is 1.80 bits per heavy atom. The summed E-state index contributed by atoms with van der Waals surface area (Å²) in [6, 6.07) is 0. The predicted molar refractivity (Wildman–Crippen MR) is 128 cm³/mol. The highest BCUT2D eigenvalue weighted by atomic mass is 16.5. The van der Waals surface area contributed by atoms with Gasteiger partial charge in [0.05, 0.1) is 6.10 Å². The van der Waals surface area contributed by atoms with Gasteiger partial charge in [-0.15, -0.1) is 0 Å². The molecule has 0 aromatic carbocycles. The highest BCUT2D eigenvalue weighted by molar-refractivity contribution is 5.25. The maximum absolute atomic E-state index is 6.04. The normalized spacial score (nSPS) is 44.2. The van der Waals surface area contributed by atoms with Crippen LogP contribution in [0, 0.1) is 46.3 Å². The van der Waals surface area contributed by atoms with Crippen LogP contribution in [0.1, 0.15) is 112 Å². The molecule has 3 saturated carbocycles. The van der Waals surface area contributed by atoms with E-state index >= 15 is 0 Å². The molecular weight excluding hydrogens is 364 g/mol. The second-order valence-electron chi connectivity index (χ2n) is 12.6. The van der Waals surface area contributed by atoms with Gasteiger partial charge >= 0.3 is 0 Å². The fourth-order valence-electron chi connectivity index (χ4n) is 9.03. The second kappa shape index (κ2) is 8.92. The first-order chi connectivity index (χ1) is 14.3. The van der Waals surface area contributed by atoms with Crippen molar-refractivity contribution >= 4 is 0 Å². The van der Waals surface area contributed by atoms with Crippen molar-refractivity contribution in [1.82, 2.24) is 0 Å². The molecule has 0 saturated heterocycles. The summed E-state index contributed by atoms with van der Waals surface area (Å²) in [5, 5.41) is 0. The summed E-state index contributed by atoms with van der Waals surface area (Å²) in [4.78, 5) is 0. The molecule has 3 fully saturated rings. The van der Waals surface area contributed by atoms with E-state index < -0.39 is 0 Å². The van der Waals surface area contributed by atoms with E-state index in [9.17, 15) is 0 Å². The molecule has 0 bridgehead atoms. The van der Waals surface area contributed by atoms with Crippen LogP contribution in [0.25, 0.3) is 0 Å². The Balaban J connectivity index is 1.47. The van der Waals surface area contributed by atoms with Crippen molar-refractivity contribution in [1.29, 1.82) is 0 Å². The summed E-state index contributed by atoms with van der Waals surface area (Å²) in [6.07, 6.45) is 18.7. The molecule has 4 aliphatic rings. The minimum atomic E-state index is 0.471.